The third-order valence-electron chi connectivity index (χ3n) is 3.27. The maximum atomic E-state index is 13.6. The van der Waals surface area contributed by atoms with Crippen molar-refractivity contribution in [1.29, 1.82) is 0 Å². The molecule has 0 aromatic heterocycles. The van der Waals surface area contributed by atoms with Crippen LogP contribution in [-0.4, -0.2) is 23.1 Å². The molecule has 112 valence electrons. The van der Waals surface area contributed by atoms with Gasteiger partial charge >= 0.3 is 0 Å². The molecule has 0 saturated heterocycles. The molecule has 0 aliphatic rings. The van der Waals surface area contributed by atoms with Crippen LogP contribution in [0.3, 0.4) is 0 Å². The normalized spacial score (nSPS) is 13.9. The molecule has 0 aliphatic carbocycles. The molecule has 4 N–H and O–H groups in total. The average Bonchev–Trinajstić information content (AvgIpc) is 2.40. The first-order valence-electron chi connectivity index (χ1n) is 6.14. The van der Waals surface area contributed by atoms with E-state index >= 15 is 0 Å². The minimum absolute atomic E-state index is 0.302. The molecule has 4 nitrogen and oxygen atoms in total. The molecule has 0 radical (unpaired) electrons. The number of hydrogen-bond donors (Lipinski definition) is 3. The van der Waals surface area contributed by atoms with Crippen molar-refractivity contribution in [2.75, 3.05) is 6.54 Å². The minimum Gasteiger partial charge on any atom is -0.503 e. The summed E-state index contributed by atoms with van der Waals surface area (Å²) in [6, 6.07) is 0.415. The molecule has 1 aromatic rings. The Kier molecular flexibility index (Phi) is 4.99. The summed E-state index contributed by atoms with van der Waals surface area (Å²) in [6.45, 7) is 3.81. The fourth-order valence-electron chi connectivity index (χ4n) is 1.74. The Labute approximate surface area is 114 Å². The van der Waals surface area contributed by atoms with Gasteiger partial charge in [0.05, 0.1) is 5.56 Å². The first-order chi connectivity index (χ1) is 9.25. The molecule has 7 heteroatoms. The average molecular weight is 290 g/mol. The number of phenols is 1. The molecule has 20 heavy (non-hydrogen) atoms. The fourth-order valence-corrected chi connectivity index (χ4v) is 1.74. The Morgan fingerprint density at radius 2 is 2.00 bits per heavy atom. The van der Waals surface area contributed by atoms with Crippen molar-refractivity contribution < 1.29 is 23.1 Å². The predicted molar refractivity (Wildman–Crippen MR) is 67.8 cm³/mol. The van der Waals surface area contributed by atoms with Gasteiger partial charge in [0.1, 0.15) is 0 Å². The van der Waals surface area contributed by atoms with Crippen LogP contribution in [0.1, 0.15) is 37.0 Å². The molecule has 0 saturated carbocycles. The molecule has 1 amide bonds. The smallest absolute Gasteiger partial charge is 0.254 e. The summed E-state index contributed by atoms with van der Waals surface area (Å²) in [5.41, 5.74) is 3.98. The second-order valence-corrected chi connectivity index (χ2v) is 4.79. The highest BCUT2D eigenvalue weighted by Gasteiger charge is 2.28. The van der Waals surface area contributed by atoms with Crippen LogP contribution in [0.5, 0.6) is 5.75 Å². The van der Waals surface area contributed by atoms with E-state index in [0.717, 1.165) is 0 Å². The number of benzene rings is 1. The van der Waals surface area contributed by atoms with Crippen molar-refractivity contribution >= 4 is 5.91 Å². The highest BCUT2D eigenvalue weighted by Crippen LogP contribution is 2.26. The van der Waals surface area contributed by atoms with Gasteiger partial charge in [-0.2, -0.15) is 4.39 Å². The van der Waals surface area contributed by atoms with Crippen molar-refractivity contribution in [1.82, 2.24) is 5.32 Å². The Bertz CT molecular complexity index is 523. The zero-order chi connectivity index (χ0) is 15.5. The highest BCUT2D eigenvalue weighted by atomic mass is 19.2. The second-order valence-electron chi connectivity index (χ2n) is 4.79. The van der Waals surface area contributed by atoms with E-state index in [0.29, 0.717) is 25.5 Å². The summed E-state index contributed by atoms with van der Waals surface area (Å²) >= 11 is 0. The number of amides is 1. The zero-order valence-corrected chi connectivity index (χ0v) is 11.3. The van der Waals surface area contributed by atoms with Crippen molar-refractivity contribution in [3.63, 3.8) is 0 Å². The Hall–Kier alpha value is -1.76. The zero-order valence-electron chi connectivity index (χ0n) is 11.3. The maximum absolute atomic E-state index is 13.6. The van der Waals surface area contributed by atoms with Gasteiger partial charge in [-0.15, -0.1) is 0 Å². The van der Waals surface area contributed by atoms with Crippen LogP contribution in [0, 0.1) is 17.5 Å². The second kappa shape index (κ2) is 6.13. The van der Waals surface area contributed by atoms with Crippen LogP contribution in [0.25, 0.3) is 0 Å². The first-order valence-corrected chi connectivity index (χ1v) is 6.14. The van der Waals surface area contributed by atoms with Gasteiger partial charge in [0.25, 0.3) is 5.91 Å². The third kappa shape index (κ3) is 3.22. The number of nitrogens with two attached hydrogens (primary N) is 1. The van der Waals surface area contributed by atoms with Gasteiger partial charge in [0, 0.05) is 5.54 Å². The Balaban J connectivity index is 3.10. The number of nitrogens with one attached hydrogen (secondary N) is 1. The van der Waals surface area contributed by atoms with E-state index in [-0.39, 0.29) is 0 Å². The third-order valence-corrected chi connectivity index (χ3v) is 3.27. The summed E-state index contributed by atoms with van der Waals surface area (Å²) in [6.07, 6.45) is 0.958. The van der Waals surface area contributed by atoms with Crippen LogP contribution in [-0.2, 0) is 0 Å². The summed E-state index contributed by atoms with van der Waals surface area (Å²) in [5, 5.41) is 11.6. The van der Waals surface area contributed by atoms with Gasteiger partial charge in [-0.05, 0) is 32.4 Å². The van der Waals surface area contributed by atoms with Gasteiger partial charge in [-0.1, -0.05) is 6.92 Å². The lowest BCUT2D eigenvalue weighted by atomic mass is 9.94. The van der Waals surface area contributed by atoms with Gasteiger partial charge in [-0.3, -0.25) is 4.79 Å². The summed E-state index contributed by atoms with van der Waals surface area (Å²) < 4.78 is 39.7. The van der Waals surface area contributed by atoms with Crippen LogP contribution in [0.4, 0.5) is 13.2 Å². The molecule has 0 bridgehead atoms. The minimum atomic E-state index is -1.72. The van der Waals surface area contributed by atoms with Crippen LogP contribution < -0.4 is 11.1 Å². The number of halogens is 3. The van der Waals surface area contributed by atoms with Crippen molar-refractivity contribution in [2.24, 2.45) is 5.73 Å². The van der Waals surface area contributed by atoms with E-state index in [9.17, 15) is 18.0 Å². The molecular weight excluding hydrogens is 273 g/mol. The number of carbonyl (C=O) groups excluding carboxylic acids is 1. The van der Waals surface area contributed by atoms with Gasteiger partial charge in [0.15, 0.2) is 17.4 Å². The Morgan fingerprint density at radius 1 is 1.40 bits per heavy atom. The van der Waals surface area contributed by atoms with Gasteiger partial charge < -0.3 is 16.2 Å². The van der Waals surface area contributed by atoms with Crippen molar-refractivity contribution in [3.05, 3.63) is 29.1 Å². The van der Waals surface area contributed by atoms with Crippen LogP contribution in [0.15, 0.2) is 6.07 Å². The highest BCUT2D eigenvalue weighted by molar-refractivity contribution is 5.95. The number of phenolic OH excluding ortho intramolecular Hbond substituents is 1. The monoisotopic (exact) mass is 290 g/mol. The van der Waals surface area contributed by atoms with Crippen LogP contribution in [0.2, 0.25) is 0 Å². The van der Waals surface area contributed by atoms with E-state index in [2.05, 4.69) is 5.32 Å². The maximum Gasteiger partial charge on any atom is 0.254 e. The predicted octanol–water partition coefficient (Wildman–Crippen LogP) is 2.06. The molecule has 0 fully saturated rings. The molecule has 1 aromatic carbocycles. The van der Waals surface area contributed by atoms with E-state index in [1.165, 1.54) is 0 Å². The van der Waals surface area contributed by atoms with Gasteiger partial charge in [-0.25, -0.2) is 8.78 Å². The fraction of sp³-hybridized carbons (Fsp3) is 0.462. The van der Waals surface area contributed by atoms with Gasteiger partial charge in [0.2, 0.25) is 5.82 Å². The molecule has 0 heterocycles. The van der Waals surface area contributed by atoms with Crippen molar-refractivity contribution in [2.45, 2.75) is 32.2 Å². The first kappa shape index (κ1) is 16.3. The van der Waals surface area contributed by atoms with E-state index < -0.39 is 40.2 Å². The molecule has 1 rings (SSSR count). The molecular formula is C13H17F3N2O2. The largest absolute Gasteiger partial charge is 0.503 e. The molecule has 0 spiro atoms. The standard InChI is InChI=1S/C13H17F3N2O2/c1-3-13(2,4-5-17)18-12(20)7-6-8(14)10(16)11(19)9(7)15/h6,19H,3-5,17H2,1-2H3,(H,18,20). The summed E-state index contributed by atoms with van der Waals surface area (Å²) in [5.74, 6) is -7.15. The quantitative estimate of drug-likeness (QED) is 0.727. The number of hydrogen-bond acceptors (Lipinski definition) is 3. The van der Waals surface area contributed by atoms with Crippen molar-refractivity contribution in [3.8, 4) is 5.75 Å². The lowest BCUT2D eigenvalue weighted by Gasteiger charge is -2.29. The number of rotatable bonds is 5. The lowest BCUT2D eigenvalue weighted by Crippen LogP contribution is -2.47. The topological polar surface area (TPSA) is 75.3 Å². The Morgan fingerprint density at radius 3 is 2.50 bits per heavy atom. The molecule has 1 unspecified atom stereocenters. The number of carbonyl (C=O) groups is 1. The SMILES string of the molecule is CCC(C)(CCN)NC(=O)c1cc(F)c(F)c(O)c1F. The van der Waals surface area contributed by atoms with E-state index in [1.54, 1.807) is 13.8 Å². The van der Waals surface area contributed by atoms with Crippen LogP contribution >= 0.6 is 0 Å². The van der Waals surface area contributed by atoms with E-state index in [1.807, 2.05) is 0 Å². The van der Waals surface area contributed by atoms with E-state index in [4.69, 9.17) is 10.8 Å². The number of aromatic hydroxyl groups is 1. The lowest BCUT2D eigenvalue weighted by molar-refractivity contribution is 0.0894. The molecule has 0 aliphatic heterocycles. The summed E-state index contributed by atoms with van der Waals surface area (Å²) in [4.78, 5) is 11.9. The summed E-state index contributed by atoms with van der Waals surface area (Å²) in [7, 11) is 0. The molecule has 1 atom stereocenters.